The lowest BCUT2D eigenvalue weighted by Gasteiger charge is -1.63. The van der Waals surface area contributed by atoms with Crippen molar-refractivity contribution in [3.05, 3.63) is 6.42 Å². The van der Waals surface area contributed by atoms with Crippen LogP contribution in [-0.2, 0) is 0 Å². The van der Waals surface area contributed by atoms with Crippen LogP contribution in [0, 0.1) is 735 Å². The van der Waals surface area contributed by atoms with Crippen LogP contribution in [0.4, 0.5) is 0 Å². The monoisotopic (exact) mass is 1500 g/mol. The second-order valence-corrected chi connectivity index (χ2v) is 15.5. The highest BCUT2D eigenvalue weighted by molar-refractivity contribution is 5.58. The van der Waals surface area contributed by atoms with Gasteiger partial charge >= 0.3 is 0 Å². The van der Waals surface area contributed by atoms with E-state index in [9.17, 15) is 0 Å². The van der Waals surface area contributed by atoms with E-state index in [0.29, 0.717) is 0 Å². The molecule has 0 rings (SSSR count). The fraction of sp³-hybridized carbons (Fsp3) is 0.00800. The molecule has 0 bridgehead atoms. The average molecular weight is 1500 g/mol. The topological polar surface area (TPSA) is 0 Å². The Hall–Kier alpha value is -27.3. The summed E-state index contributed by atoms with van der Waals surface area (Å²) in [5.41, 5.74) is 0. The highest BCUT2D eigenvalue weighted by Crippen LogP contribution is 1.70. The van der Waals surface area contributed by atoms with Crippen LogP contribution in [0.25, 0.3) is 0 Å². The first-order valence-electron chi connectivity index (χ1n) is 31.2. The minimum atomic E-state index is 1.68. The Morgan fingerprint density at radius 2 is 0.104 bits per heavy atom. The van der Waals surface area contributed by atoms with Gasteiger partial charge < -0.3 is 6.42 Å². The van der Waals surface area contributed by atoms with E-state index in [1.54, 1.807) is 6.92 Å². The maximum atomic E-state index is 6.59. The number of rotatable bonds is 0. The van der Waals surface area contributed by atoms with Crippen LogP contribution in [0.5, 0.6) is 0 Å². The molecule has 0 unspecified atom stereocenters. The minimum Gasteiger partial charge on any atom is -0.358 e. The van der Waals surface area contributed by atoms with Crippen LogP contribution >= 0.6 is 0 Å². The second-order valence-electron chi connectivity index (χ2n) is 15.5. The van der Waals surface area contributed by atoms with Gasteiger partial charge in [0, 0.05) is 610 Å². The standard InChI is InChI=1S/C125H3/c1-3-5-7-9-11-13-15-17-19-21-23-25-27-29-31-33-35-37-39-41-43-45-47-49-51-53-55-57-59-61-63-65-67-69-71-73-75-77-79-81-83-85-87-89-91-93-95-97-99-101-103-105-107-109-111-113-115-117-119-121-123-125-124-122-120-118-116-114-112-110-108-106-104-102-100-98-96-94-92-90-88-86-84-82-80-78-76-74-72-70-68-66-64-62-60-58-56-54-52-50-48-46-44-42-40-38-36-34-32-30-28-26-24-22-20-18-16-14-12-10-8-6-4-2/h1H3/q-1. The molecule has 0 fully saturated rings. The van der Waals surface area contributed by atoms with Gasteiger partial charge in [0.15, 0.2) is 0 Å². The van der Waals surface area contributed by atoms with Crippen LogP contribution in [0.3, 0.4) is 0 Å². The zero-order valence-electron chi connectivity index (χ0n) is 63.0. The summed E-state index contributed by atoms with van der Waals surface area (Å²) in [5, 5.41) is 0. The van der Waals surface area contributed by atoms with Crippen LogP contribution in [0.15, 0.2) is 0 Å². The van der Waals surface area contributed by atoms with Gasteiger partial charge in [0.1, 0.15) is 0 Å². The molecule has 0 heterocycles. The molecule has 0 N–H and O–H groups in total. The summed E-state index contributed by atoms with van der Waals surface area (Å²) in [6.45, 7) is 1.68. The fourth-order valence-corrected chi connectivity index (χ4v) is 3.81. The summed E-state index contributed by atoms with van der Waals surface area (Å²) in [4.78, 5) is 0. The molecule has 0 aliphatic carbocycles. The van der Waals surface area contributed by atoms with Crippen molar-refractivity contribution in [2.45, 2.75) is 6.92 Å². The number of hydrogen-bond acceptors (Lipinski definition) is 0. The predicted molar refractivity (Wildman–Crippen MR) is 487 cm³/mol. The fourth-order valence-electron chi connectivity index (χ4n) is 3.81. The molecule has 0 radical (unpaired) electrons. The van der Waals surface area contributed by atoms with E-state index in [0.717, 1.165) is 0 Å². The van der Waals surface area contributed by atoms with Gasteiger partial charge in [-0.05, 0) is 102 Å². The summed E-state index contributed by atoms with van der Waals surface area (Å²) < 4.78 is 0. The summed E-state index contributed by atoms with van der Waals surface area (Å²) in [6, 6.07) is 0. The van der Waals surface area contributed by atoms with Crippen LogP contribution in [-0.4, -0.2) is 0 Å². The Morgan fingerprint density at radius 3 is 0.144 bits per heavy atom. The second kappa shape index (κ2) is 96.7. The highest BCUT2D eigenvalue weighted by atomic mass is 13.7. The summed E-state index contributed by atoms with van der Waals surface area (Å²) >= 11 is 0. The molecule has 0 nitrogen and oxygen atoms in total. The molecule has 0 aromatic carbocycles. The molecular formula is C125H3-. The maximum absolute atomic E-state index is 6.59. The van der Waals surface area contributed by atoms with Gasteiger partial charge in [-0.3, -0.25) is 5.92 Å². The summed E-state index contributed by atoms with van der Waals surface area (Å²) in [7, 11) is 0. The van der Waals surface area contributed by atoms with Crippen molar-refractivity contribution in [3.8, 4) is 728 Å². The van der Waals surface area contributed by atoms with Crippen molar-refractivity contribution in [1.29, 1.82) is 0 Å². The Morgan fingerprint density at radius 1 is 0.0640 bits per heavy atom. The Balaban J connectivity index is 4.65. The lowest BCUT2D eigenvalue weighted by molar-refractivity contribution is 1.92. The first-order chi connectivity index (χ1) is 62.4. The smallest absolute Gasteiger partial charge is 0 e. The Labute approximate surface area is 736 Å². The largest absolute Gasteiger partial charge is 0.358 e. The Kier molecular flexibility index (Phi) is 75.6. The zero-order valence-corrected chi connectivity index (χ0v) is 63.0. The van der Waals surface area contributed by atoms with Gasteiger partial charge in [-0.25, -0.2) is 5.92 Å². The quantitative estimate of drug-likeness (QED) is 0.249. The SMILES string of the molecule is [C-]#CC#CC#CC#CC#CC#CC#CC#CC#CC#CC#CC#CC#CC#CC#CC#CC#CC#CC#CC#CC#CC#CC#CC#CC#CC#CC#CC#CC#CC#CC#CC#CC#CC#CC#CC#CC#CC#CC#CC#CC#CC#CC#CC#CC#CC#CC#CC#CC#CC#CC#CC#CC#CC#CC#CC#CC#CC#CC#CC#CC#CC#CC. The van der Waals surface area contributed by atoms with Crippen molar-refractivity contribution >= 4 is 0 Å². The molecule has 0 aliphatic rings. The van der Waals surface area contributed by atoms with Crippen molar-refractivity contribution in [2.24, 2.45) is 0 Å². The minimum absolute atomic E-state index is 1.68. The molecule has 504 valence electrons. The lowest BCUT2D eigenvalue weighted by Crippen LogP contribution is -1.57. The van der Waals surface area contributed by atoms with Crippen molar-refractivity contribution in [1.82, 2.24) is 0 Å². The van der Waals surface area contributed by atoms with Crippen molar-refractivity contribution in [2.75, 3.05) is 0 Å². The van der Waals surface area contributed by atoms with E-state index < -0.39 is 0 Å². The molecule has 0 atom stereocenters. The maximum Gasteiger partial charge on any atom is 0 e. The van der Waals surface area contributed by atoms with E-state index in [-0.39, 0.29) is 0 Å². The zero-order chi connectivity index (χ0) is 89.0. The first kappa shape index (κ1) is 97.7. The van der Waals surface area contributed by atoms with E-state index in [2.05, 4.69) is 722 Å². The normalized spacial score (nSPS) is 3.97. The average Bonchev–Trinajstić information content (AvgIpc) is 1.66. The van der Waals surface area contributed by atoms with Crippen molar-refractivity contribution in [3.63, 3.8) is 0 Å². The molecule has 0 aliphatic heterocycles. The van der Waals surface area contributed by atoms with Gasteiger partial charge in [-0.15, -0.1) is 5.92 Å². The molecule has 0 spiro atoms. The van der Waals surface area contributed by atoms with E-state index in [4.69, 9.17) is 6.42 Å². The Bertz CT molecular complexity index is 8750. The predicted octanol–water partition coefficient (Wildman–Crippen LogP) is 0.803. The molecule has 0 saturated carbocycles. The molecule has 0 saturated heterocycles. The van der Waals surface area contributed by atoms with Gasteiger partial charge in [-0.1, -0.05) is 5.92 Å². The van der Waals surface area contributed by atoms with Crippen LogP contribution in [0.1, 0.15) is 6.92 Å². The summed E-state index contributed by atoms with van der Waals surface area (Å²) in [6.07, 6.45) is 6.59. The van der Waals surface area contributed by atoms with Crippen molar-refractivity contribution < 1.29 is 0 Å². The molecular weight excluding hydrogens is 1500 g/mol. The van der Waals surface area contributed by atoms with E-state index >= 15 is 0 Å². The van der Waals surface area contributed by atoms with Gasteiger partial charge in [0.25, 0.3) is 0 Å². The van der Waals surface area contributed by atoms with Gasteiger partial charge in [0.2, 0.25) is 0 Å². The third kappa shape index (κ3) is 96.7. The molecule has 0 aromatic heterocycles. The molecule has 0 heteroatoms. The first-order valence-corrected chi connectivity index (χ1v) is 31.2. The lowest BCUT2D eigenvalue weighted by atomic mass is 10.4. The highest BCUT2D eigenvalue weighted by Gasteiger charge is 1.69. The third-order valence-corrected chi connectivity index (χ3v) is 7.69. The molecule has 0 amide bonds. The third-order valence-electron chi connectivity index (χ3n) is 7.69. The van der Waals surface area contributed by atoms with Crippen LogP contribution < -0.4 is 0 Å². The van der Waals surface area contributed by atoms with Gasteiger partial charge in [-0.2, -0.15) is 0 Å². The summed E-state index contributed by atoms with van der Waals surface area (Å²) in [5.74, 6) is 306. The van der Waals surface area contributed by atoms with E-state index in [1.807, 2.05) is 5.92 Å². The molecule has 125 heavy (non-hydrogen) atoms. The number of hydrogen-bond donors (Lipinski definition) is 0. The van der Waals surface area contributed by atoms with Gasteiger partial charge in [0.05, 0.1) is 0 Å². The van der Waals surface area contributed by atoms with Crippen LogP contribution in [0.2, 0.25) is 0 Å². The molecule has 0 aromatic rings. The van der Waals surface area contributed by atoms with E-state index in [1.165, 1.54) is 0 Å².